The summed E-state index contributed by atoms with van der Waals surface area (Å²) in [5.74, 6) is 1.81. The van der Waals surface area contributed by atoms with Crippen LogP contribution in [0.15, 0.2) is 10.2 Å². The van der Waals surface area contributed by atoms with Gasteiger partial charge in [-0.2, -0.15) is 10.2 Å². The lowest BCUT2D eigenvalue weighted by Crippen LogP contribution is -1.97. The van der Waals surface area contributed by atoms with Crippen LogP contribution in [-0.2, 0) is 0 Å². The maximum atomic E-state index is 4.22. The van der Waals surface area contributed by atoms with Crippen molar-refractivity contribution in [2.45, 2.75) is 25.3 Å². The molecule has 0 N–H and O–H groups in total. The third-order valence-electron chi connectivity index (χ3n) is 2.98. The summed E-state index contributed by atoms with van der Waals surface area (Å²) in [7, 11) is 1.77. The molecule has 2 unspecified atom stereocenters. The largest absolute Gasteiger partial charge is 0.197 e. The summed E-state index contributed by atoms with van der Waals surface area (Å²) in [5, 5.41) is 8.05. The van der Waals surface area contributed by atoms with Crippen molar-refractivity contribution in [2.24, 2.45) is 22.1 Å². The molecule has 0 bridgehead atoms. The molecule has 2 aliphatic carbocycles. The molecule has 0 aromatic heterocycles. The van der Waals surface area contributed by atoms with Gasteiger partial charge in [0.15, 0.2) is 0 Å². The molecule has 50 valence electrons. The van der Waals surface area contributed by atoms with Gasteiger partial charge in [0.25, 0.3) is 0 Å². The van der Waals surface area contributed by atoms with E-state index in [1.807, 2.05) is 0 Å². The second kappa shape index (κ2) is 1.36. The van der Waals surface area contributed by atoms with Gasteiger partial charge in [-0.25, -0.2) is 0 Å². The molecule has 2 aliphatic rings. The summed E-state index contributed by atoms with van der Waals surface area (Å²) in [6, 6.07) is 0. The topological polar surface area (TPSA) is 24.7 Å². The molecule has 0 amide bonds. The van der Waals surface area contributed by atoms with E-state index in [-0.39, 0.29) is 5.54 Å². The summed E-state index contributed by atoms with van der Waals surface area (Å²) in [4.78, 5) is 0. The van der Waals surface area contributed by atoms with E-state index in [1.54, 1.807) is 7.05 Å². The highest BCUT2D eigenvalue weighted by atomic mass is 15.2. The van der Waals surface area contributed by atoms with Crippen LogP contribution in [0, 0.1) is 11.8 Å². The van der Waals surface area contributed by atoms with Crippen molar-refractivity contribution in [1.29, 1.82) is 0 Å². The fraction of sp³-hybridized carbons (Fsp3) is 1.00. The van der Waals surface area contributed by atoms with Crippen molar-refractivity contribution in [2.75, 3.05) is 7.05 Å². The Morgan fingerprint density at radius 3 is 2.22 bits per heavy atom. The predicted molar refractivity (Wildman–Crippen MR) is 35.4 cm³/mol. The van der Waals surface area contributed by atoms with E-state index < -0.39 is 0 Å². The number of hydrogen-bond donors (Lipinski definition) is 0. The molecule has 2 heteroatoms. The standard InChI is InChI=1S/C7H12N2/c1-7(9-8-2)5-3-4-6(5)7/h5-6H,3-4H2,1-2H3/t5-,6?,7?/m1/s1. The minimum Gasteiger partial charge on any atom is -0.197 e. The summed E-state index contributed by atoms with van der Waals surface area (Å²) >= 11 is 0. The second-order valence-corrected chi connectivity index (χ2v) is 3.32. The third kappa shape index (κ3) is 0.467. The van der Waals surface area contributed by atoms with Crippen molar-refractivity contribution in [3.05, 3.63) is 0 Å². The van der Waals surface area contributed by atoms with Crippen LogP contribution in [0.1, 0.15) is 19.8 Å². The van der Waals surface area contributed by atoms with E-state index in [0.29, 0.717) is 0 Å². The average molecular weight is 124 g/mol. The van der Waals surface area contributed by atoms with Crippen LogP contribution in [0.5, 0.6) is 0 Å². The lowest BCUT2D eigenvalue weighted by Gasteiger charge is -2.03. The molecule has 3 atom stereocenters. The first-order chi connectivity index (χ1) is 4.29. The molecular formula is C7H12N2. The SMILES string of the molecule is CN=NC1(C)C2CC[C@H]21. The maximum absolute atomic E-state index is 4.22. The van der Waals surface area contributed by atoms with Crippen LogP contribution >= 0.6 is 0 Å². The number of rotatable bonds is 1. The minimum atomic E-state index is 0.286. The van der Waals surface area contributed by atoms with Gasteiger partial charge in [0.2, 0.25) is 0 Å². The molecule has 2 fully saturated rings. The number of hydrogen-bond acceptors (Lipinski definition) is 2. The van der Waals surface area contributed by atoms with Crippen molar-refractivity contribution in [1.82, 2.24) is 0 Å². The normalized spacial score (nSPS) is 54.9. The zero-order valence-corrected chi connectivity index (χ0v) is 5.96. The molecule has 0 aliphatic heterocycles. The average Bonchev–Trinajstić information content (AvgIpc) is 1.97. The van der Waals surface area contributed by atoms with E-state index in [1.165, 1.54) is 12.8 Å². The van der Waals surface area contributed by atoms with Gasteiger partial charge in [0.1, 0.15) is 0 Å². The van der Waals surface area contributed by atoms with Crippen LogP contribution in [-0.4, -0.2) is 12.6 Å². The third-order valence-corrected chi connectivity index (χ3v) is 2.98. The Labute approximate surface area is 55.4 Å². The first-order valence-electron chi connectivity index (χ1n) is 3.60. The van der Waals surface area contributed by atoms with Gasteiger partial charge < -0.3 is 0 Å². The van der Waals surface area contributed by atoms with Crippen LogP contribution in [0.25, 0.3) is 0 Å². The van der Waals surface area contributed by atoms with Gasteiger partial charge in [-0.1, -0.05) is 0 Å². The summed E-state index contributed by atoms with van der Waals surface area (Å²) in [6.45, 7) is 2.22. The van der Waals surface area contributed by atoms with Crippen LogP contribution in [0.2, 0.25) is 0 Å². The van der Waals surface area contributed by atoms with E-state index >= 15 is 0 Å². The van der Waals surface area contributed by atoms with Crippen LogP contribution in [0.3, 0.4) is 0 Å². The Bertz CT molecular complexity index is 152. The summed E-state index contributed by atoms with van der Waals surface area (Å²) < 4.78 is 0. The summed E-state index contributed by atoms with van der Waals surface area (Å²) in [6.07, 6.45) is 2.78. The summed E-state index contributed by atoms with van der Waals surface area (Å²) in [5.41, 5.74) is 0.286. The van der Waals surface area contributed by atoms with Crippen molar-refractivity contribution in [3.8, 4) is 0 Å². The predicted octanol–water partition coefficient (Wildman–Crippen LogP) is 1.87. The van der Waals surface area contributed by atoms with E-state index in [0.717, 1.165) is 11.8 Å². The van der Waals surface area contributed by atoms with Crippen molar-refractivity contribution >= 4 is 0 Å². The highest BCUT2D eigenvalue weighted by Gasteiger charge is 2.67. The van der Waals surface area contributed by atoms with Gasteiger partial charge in [0.05, 0.1) is 5.54 Å². The number of azo groups is 1. The molecular weight excluding hydrogens is 112 g/mol. The molecule has 0 aromatic rings. The fourth-order valence-electron chi connectivity index (χ4n) is 2.13. The first kappa shape index (κ1) is 5.39. The highest BCUT2D eigenvalue weighted by molar-refractivity contribution is 5.20. The lowest BCUT2D eigenvalue weighted by atomic mass is 10.0. The van der Waals surface area contributed by atoms with Gasteiger partial charge >= 0.3 is 0 Å². The quantitative estimate of drug-likeness (QED) is 0.477. The lowest BCUT2D eigenvalue weighted by molar-refractivity contribution is 0.468. The molecule has 0 aromatic carbocycles. The monoisotopic (exact) mass is 124 g/mol. The molecule has 0 radical (unpaired) electrons. The van der Waals surface area contributed by atoms with Crippen molar-refractivity contribution in [3.63, 3.8) is 0 Å². The Morgan fingerprint density at radius 1 is 1.33 bits per heavy atom. The van der Waals surface area contributed by atoms with Gasteiger partial charge in [-0.05, 0) is 31.6 Å². The van der Waals surface area contributed by atoms with Gasteiger partial charge in [-0.3, -0.25) is 0 Å². The second-order valence-electron chi connectivity index (χ2n) is 3.32. The number of fused-ring (bicyclic) bond motifs is 1. The molecule has 0 saturated heterocycles. The van der Waals surface area contributed by atoms with E-state index in [4.69, 9.17) is 0 Å². The van der Waals surface area contributed by atoms with Crippen molar-refractivity contribution < 1.29 is 0 Å². The highest BCUT2D eigenvalue weighted by Crippen LogP contribution is 2.66. The minimum absolute atomic E-state index is 0.286. The van der Waals surface area contributed by atoms with Crippen LogP contribution in [0.4, 0.5) is 0 Å². The fourth-order valence-corrected chi connectivity index (χ4v) is 2.13. The van der Waals surface area contributed by atoms with E-state index in [9.17, 15) is 0 Å². The molecule has 0 spiro atoms. The zero-order chi connectivity index (χ0) is 6.48. The zero-order valence-electron chi connectivity index (χ0n) is 5.96. The van der Waals surface area contributed by atoms with Gasteiger partial charge in [0, 0.05) is 7.05 Å². The Morgan fingerprint density at radius 2 is 1.89 bits per heavy atom. The van der Waals surface area contributed by atoms with E-state index in [2.05, 4.69) is 17.2 Å². The smallest absolute Gasteiger partial charge is 0.0850 e. The Balaban J connectivity index is 2.11. The Hall–Kier alpha value is -0.400. The molecule has 0 heterocycles. The molecule has 9 heavy (non-hydrogen) atoms. The maximum Gasteiger partial charge on any atom is 0.0850 e. The Kier molecular flexibility index (Phi) is 0.815. The molecule has 2 nitrogen and oxygen atoms in total. The molecule has 2 saturated carbocycles. The number of nitrogens with zero attached hydrogens (tertiary/aromatic N) is 2. The van der Waals surface area contributed by atoms with Gasteiger partial charge in [-0.15, -0.1) is 0 Å². The molecule has 2 rings (SSSR count). The van der Waals surface area contributed by atoms with Crippen LogP contribution < -0.4 is 0 Å². The first-order valence-corrected chi connectivity index (χ1v) is 3.60.